The van der Waals surface area contributed by atoms with Gasteiger partial charge in [0.05, 0.1) is 0 Å². The lowest BCUT2D eigenvalue weighted by molar-refractivity contribution is 0.660. The van der Waals surface area contributed by atoms with Crippen LogP contribution in [0, 0.1) is 0 Å². The quantitative estimate of drug-likeness (QED) is 0.160. The van der Waals surface area contributed by atoms with E-state index < -0.39 is 0 Å². The van der Waals surface area contributed by atoms with E-state index in [1.165, 1.54) is 61.0 Å². The Kier molecular flexibility index (Phi) is 8.55. The summed E-state index contributed by atoms with van der Waals surface area (Å²) in [5, 5.41) is 4.53. The highest BCUT2D eigenvalue weighted by atomic mass is 16.3. The van der Waals surface area contributed by atoms with Crippen molar-refractivity contribution in [2.45, 2.75) is 19.3 Å². The first-order valence-corrected chi connectivity index (χ1v) is 21.8. The summed E-state index contributed by atoms with van der Waals surface area (Å²) in [6, 6.07) is 81.3. The molecule has 0 saturated carbocycles. The molecule has 0 bridgehead atoms. The van der Waals surface area contributed by atoms with Gasteiger partial charge in [0, 0.05) is 44.2 Å². The van der Waals surface area contributed by atoms with Crippen LogP contribution in [0.4, 0.5) is 17.1 Å². The molecule has 1 aromatic heterocycles. The van der Waals surface area contributed by atoms with Gasteiger partial charge >= 0.3 is 0 Å². The van der Waals surface area contributed by atoms with Gasteiger partial charge in [0.2, 0.25) is 0 Å². The third kappa shape index (κ3) is 6.09. The fourth-order valence-corrected chi connectivity index (χ4v) is 10.1. The maximum Gasteiger partial charge on any atom is 0.143 e. The molecule has 1 heterocycles. The van der Waals surface area contributed by atoms with Crippen molar-refractivity contribution >= 4 is 49.8 Å². The van der Waals surface area contributed by atoms with Gasteiger partial charge in [-0.3, -0.25) is 0 Å². The average molecular weight is 806 g/mol. The first kappa shape index (κ1) is 36.9. The third-order valence-corrected chi connectivity index (χ3v) is 13.3. The van der Waals surface area contributed by atoms with Crippen molar-refractivity contribution in [3.63, 3.8) is 0 Å². The SMILES string of the molecule is CC1(C)c2ccccc2-c2ccc(-c3cccc4c3oc3c5ccccc5c(-c5ccc(N(c6ccccc6)c6ccc(-c7ccc(-c8ccccc8)cc7)cc6)cc5)cc43)cc21. The minimum atomic E-state index is -0.0797. The highest BCUT2D eigenvalue weighted by molar-refractivity contribution is 6.20. The van der Waals surface area contributed by atoms with Crippen LogP contribution in [0.3, 0.4) is 0 Å². The molecule has 0 saturated heterocycles. The highest BCUT2D eigenvalue weighted by Gasteiger charge is 2.35. The van der Waals surface area contributed by atoms with Gasteiger partial charge in [0.25, 0.3) is 0 Å². The van der Waals surface area contributed by atoms with Crippen LogP contribution in [0.5, 0.6) is 0 Å². The number of anilines is 3. The number of rotatable bonds is 7. The van der Waals surface area contributed by atoms with E-state index in [0.29, 0.717) is 0 Å². The van der Waals surface area contributed by atoms with Crippen LogP contribution in [0.25, 0.3) is 88.3 Å². The van der Waals surface area contributed by atoms with Crippen LogP contribution < -0.4 is 4.90 Å². The van der Waals surface area contributed by atoms with Crippen LogP contribution in [-0.4, -0.2) is 0 Å². The van der Waals surface area contributed by atoms with Gasteiger partial charge in [-0.15, -0.1) is 0 Å². The maximum absolute atomic E-state index is 6.98. The molecule has 2 heteroatoms. The normalized spacial score (nSPS) is 12.7. The summed E-state index contributed by atoms with van der Waals surface area (Å²) in [5.74, 6) is 0. The second kappa shape index (κ2) is 14.6. The molecule has 10 aromatic carbocycles. The van der Waals surface area contributed by atoms with Crippen molar-refractivity contribution in [3.8, 4) is 55.6 Å². The highest BCUT2D eigenvalue weighted by Crippen LogP contribution is 2.50. The number of hydrogen-bond donors (Lipinski definition) is 0. The molecule has 11 aromatic rings. The summed E-state index contributed by atoms with van der Waals surface area (Å²) >= 11 is 0. The van der Waals surface area contributed by atoms with E-state index in [0.717, 1.165) is 55.5 Å². The number of nitrogens with zero attached hydrogens (tertiary/aromatic N) is 1. The lowest BCUT2D eigenvalue weighted by Crippen LogP contribution is -2.14. The second-order valence-corrected chi connectivity index (χ2v) is 17.3. The summed E-state index contributed by atoms with van der Waals surface area (Å²) in [4.78, 5) is 2.33. The molecular weight excluding hydrogens is 763 g/mol. The number of hydrogen-bond acceptors (Lipinski definition) is 2. The van der Waals surface area contributed by atoms with Crippen molar-refractivity contribution < 1.29 is 4.42 Å². The molecule has 0 radical (unpaired) electrons. The van der Waals surface area contributed by atoms with E-state index in [9.17, 15) is 0 Å². The predicted octanol–water partition coefficient (Wildman–Crippen LogP) is 17.2. The van der Waals surface area contributed by atoms with Crippen LogP contribution in [0.2, 0.25) is 0 Å². The maximum atomic E-state index is 6.98. The average Bonchev–Trinajstić information content (AvgIpc) is 3.84. The topological polar surface area (TPSA) is 16.4 Å². The molecule has 0 amide bonds. The smallest absolute Gasteiger partial charge is 0.143 e. The minimum Gasteiger partial charge on any atom is -0.455 e. The zero-order chi connectivity index (χ0) is 42.1. The summed E-state index contributed by atoms with van der Waals surface area (Å²) in [5.41, 5.74) is 19.9. The third-order valence-electron chi connectivity index (χ3n) is 13.3. The van der Waals surface area contributed by atoms with Gasteiger partial charge in [-0.1, -0.05) is 190 Å². The molecule has 63 heavy (non-hydrogen) atoms. The Bertz CT molecular complexity index is 3490. The van der Waals surface area contributed by atoms with Crippen LogP contribution in [-0.2, 0) is 5.41 Å². The molecule has 0 aliphatic heterocycles. The van der Waals surface area contributed by atoms with Crippen LogP contribution >= 0.6 is 0 Å². The Hall–Kier alpha value is -7.94. The fourth-order valence-electron chi connectivity index (χ4n) is 10.1. The number of fused-ring (bicyclic) bond motifs is 8. The summed E-state index contributed by atoms with van der Waals surface area (Å²) in [6.07, 6.45) is 0. The van der Waals surface area contributed by atoms with E-state index in [4.69, 9.17) is 4.42 Å². The molecule has 2 nitrogen and oxygen atoms in total. The molecule has 1 aliphatic rings. The first-order valence-electron chi connectivity index (χ1n) is 21.8. The number of para-hydroxylation sites is 2. The molecule has 1 aliphatic carbocycles. The van der Waals surface area contributed by atoms with Crippen molar-refractivity contribution in [2.75, 3.05) is 4.90 Å². The predicted molar refractivity (Wildman–Crippen MR) is 265 cm³/mol. The lowest BCUT2D eigenvalue weighted by atomic mass is 9.81. The molecule has 0 fully saturated rings. The van der Waals surface area contributed by atoms with E-state index >= 15 is 0 Å². The minimum absolute atomic E-state index is 0.0797. The van der Waals surface area contributed by atoms with Crippen molar-refractivity contribution in [3.05, 3.63) is 236 Å². The van der Waals surface area contributed by atoms with E-state index in [1.807, 2.05) is 0 Å². The Morgan fingerprint density at radius 1 is 0.302 bits per heavy atom. The van der Waals surface area contributed by atoms with Crippen molar-refractivity contribution in [2.24, 2.45) is 0 Å². The number of benzene rings is 10. The Labute approximate surface area is 368 Å². The lowest BCUT2D eigenvalue weighted by Gasteiger charge is -2.26. The fraction of sp³-hybridized carbons (Fsp3) is 0.0492. The van der Waals surface area contributed by atoms with Crippen LogP contribution in [0.15, 0.2) is 229 Å². The summed E-state index contributed by atoms with van der Waals surface area (Å²) in [6.45, 7) is 4.68. The van der Waals surface area contributed by atoms with E-state index in [-0.39, 0.29) is 5.41 Å². The van der Waals surface area contributed by atoms with Crippen molar-refractivity contribution in [1.29, 1.82) is 0 Å². The van der Waals surface area contributed by atoms with Gasteiger partial charge in [0.1, 0.15) is 11.2 Å². The Morgan fingerprint density at radius 3 is 1.48 bits per heavy atom. The number of furan rings is 1. The molecule has 0 spiro atoms. The zero-order valence-corrected chi connectivity index (χ0v) is 35.2. The van der Waals surface area contributed by atoms with E-state index in [2.05, 4.69) is 243 Å². The van der Waals surface area contributed by atoms with E-state index in [1.54, 1.807) is 0 Å². The van der Waals surface area contributed by atoms with Gasteiger partial charge in [-0.25, -0.2) is 0 Å². The van der Waals surface area contributed by atoms with Gasteiger partial charge < -0.3 is 9.32 Å². The standard InChI is InChI=1S/C61H43NO/c1-61(2)57-23-12-11-19-51(57)52-37-32-45(38-58(52)61)49-21-13-22-54-56-39-55(50-18-9-10-20-53(50)60(56)63-59(49)54)44-30-35-48(36-31-44)62(46-16-7-4-8-17-46)47-33-28-43(29-34-47)42-26-24-41(25-27-42)40-14-5-3-6-15-40/h3-39H,1-2H3. The monoisotopic (exact) mass is 805 g/mol. The molecule has 12 rings (SSSR count). The zero-order valence-electron chi connectivity index (χ0n) is 35.2. The molecule has 0 atom stereocenters. The summed E-state index contributed by atoms with van der Waals surface area (Å²) < 4.78 is 6.98. The molecule has 298 valence electrons. The Balaban J connectivity index is 0.912. The van der Waals surface area contributed by atoms with Gasteiger partial charge in [-0.2, -0.15) is 0 Å². The largest absolute Gasteiger partial charge is 0.455 e. The van der Waals surface area contributed by atoms with Crippen LogP contribution in [0.1, 0.15) is 25.0 Å². The van der Waals surface area contributed by atoms with Gasteiger partial charge in [-0.05, 0) is 115 Å². The molecule has 0 unspecified atom stereocenters. The second-order valence-electron chi connectivity index (χ2n) is 17.3. The Morgan fingerprint density at radius 2 is 0.778 bits per heavy atom. The molecular formula is C61H43NO. The first-order chi connectivity index (χ1) is 31.0. The summed E-state index contributed by atoms with van der Waals surface area (Å²) in [7, 11) is 0. The molecule has 0 N–H and O–H groups in total. The van der Waals surface area contributed by atoms with Crippen molar-refractivity contribution in [1.82, 2.24) is 0 Å². The van der Waals surface area contributed by atoms with Gasteiger partial charge in [0.15, 0.2) is 0 Å².